The van der Waals surface area contributed by atoms with Crippen molar-refractivity contribution in [1.29, 1.82) is 0 Å². The van der Waals surface area contributed by atoms with Crippen molar-refractivity contribution in [3.05, 3.63) is 40.0 Å². The van der Waals surface area contributed by atoms with Crippen LogP contribution in [-0.2, 0) is 4.79 Å². The average molecular weight is 272 g/mol. The second-order valence-corrected chi connectivity index (χ2v) is 4.59. The molecule has 0 unspecified atom stereocenters. The normalized spacial score (nSPS) is 13.7. The van der Waals surface area contributed by atoms with Gasteiger partial charge in [0.05, 0.1) is 22.6 Å². The molecule has 2 aromatic rings. The lowest BCUT2D eigenvalue weighted by Gasteiger charge is -2.24. The van der Waals surface area contributed by atoms with Crippen LogP contribution < -0.4 is 16.4 Å². The molecule has 0 saturated carbocycles. The van der Waals surface area contributed by atoms with Crippen LogP contribution in [0.5, 0.6) is 0 Å². The van der Waals surface area contributed by atoms with Crippen molar-refractivity contribution >= 4 is 17.3 Å². The second-order valence-electron chi connectivity index (χ2n) is 4.59. The van der Waals surface area contributed by atoms with E-state index in [9.17, 15) is 9.59 Å². The fraction of sp³-hybridized carbons (Fsp3) is 0.154. The molecule has 0 saturated heterocycles. The molecule has 1 aromatic carbocycles. The molecule has 1 aliphatic heterocycles. The van der Waals surface area contributed by atoms with Gasteiger partial charge in [-0.15, -0.1) is 5.10 Å². The molecular formula is C13H12N4O3. The Labute approximate surface area is 113 Å². The summed E-state index contributed by atoms with van der Waals surface area (Å²) in [6, 6.07) is 1.89. The second kappa shape index (κ2) is 4.09. The van der Waals surface area contributed by atoms with E-state index in [0.717, 1.165) is 11.1 Å². The molecule has 7 nitrogen and oxygen atoms in total. The first-order chi connectivity index (χ1) is 9.47. The van der Waals surface area contributed by atoms with Crippen LogP contribution in [0.4, 0.5) is 11.4 Å². The molecule has 0 aliphatic carbocycles. The summed E-state index contributed by atoms with van der Waals surface area (Å²) in [6.07, 6.45) is 0. The van der Waals surface area contributed by atoms with Gasteiger partial charge in [-0.1, -0.05) is 6.58 Å². The van der Waals surface area contributed by atoms with Crippen molar-refractivity contribution in [3.8, 4) is 11.5 Å². The fourth-order valence-corrected chi connectivity index (χ4v) is 2.16. The van der Waals surface area contributed by atoms with Gasteiger partial charge in [0.15, 0.2) is 0 Å². The molecule has 0 bridgehead atoms. The number of anilines is 2. The van der Waals surface area contributed by atoms with Gasteiger partial charge in [0.1, 0.15) is 0 Å². The van der Waals surface area contributed by atoms with Gasteiger partial charge >= 0.3 is 5.76 Å². The van der Waals surface area contributed by atoms with E-state index in [4.69, 9.17) is 4.42 Å². The number of H-pyrrole nitrogens is 1. The van der Waals surface area contributed by atoms with Gasteiger partial charge < -0.3 is 15.1 Å². The number of carbonyl (C=O) groups is 1. The number of aromatic amines is 1. The van der Waals surface area contributed by atoms with Crippen LogP contribution in [0.2, 0.25) is 0 Å². The predicted octanol–water partition coefficient (Wildman–Crippen LogP) is 1.52. The summed E-state index contributed by atoms with van der Waals surface area (Å²) in [5.41, 5.74) is 3.90. The van der Waals surface area contributed by atoms with Crippen molar-refractivity contribution < 1.29 is 9.21 Å². The van der Waals surface area contributed by atoms with Crippen LogP contribution in [-0.4, -0.2) is 16.1 Å². The lowest BCUT2D eigenvalue weighted by Crippen LogP contribution is -2.25. The van der Waals surface area contributed by atoms with E-state index in [0.29, 0.717) is 16.9 Å². The Bertz CT molecular complexity index is 800. The van der Waals surface area contributed by atoms with E-state index >= 15 is 0 Å². The maximum absolute atomic E-state index is 11.7. The molecule has 0 radical (unpaired) electrons. The number of nitrogens with one attached hydrogen (secondary N) is 3. The molecular weight excluding hydrogens is 260 g/mol. The van der Waals surface area contributed by atoms with Crippen LogP contribution in [0, 0.1) is 13.8 Å². The molecule has 0 atom stereocenters. The third-order valence-corrected chi connectivity index (χ3v) is 3.30. The number of rotatable bonds is 1. The molecule has 0 spiro atoms. The lowest BCUT2D eigenvalue weighted by atomic mass is 9.98. The fourth-order valence-electron chi connectivity index (χ4n) is 2.16. The maximum Gasteiger partial charge on any atom is 0.434 e. The Balaban J connectivity index is 2.31. The first-order valence-electron chi connectivity index (χ1n) is 5.94. The van der Waals surface area contributed by atoms with Crippen molar-refractivity contribution in [2.45, 2.75) is 13.8 Å². The third-order valence-electron chi connectivity index (χ3n) is 3.30. The maximum atomic E-state index is 11.7. The van der Waals surface area contributed by atoms with E-state index in [-0.39, 0.29) is 17.5 Å². The van der Waals surface area contributed by atoms with Crippen LogP contribution in [0.15, 0.2) is 27.6 Å². The van der Waals surface area contributed by atoms with Gasteiger partial charge in [0.2, 0.25) is 0 Å². The van der Waals surface area contributed by atoms with Crippen LogP contribution in [0.1, 0.15) is 11.1 Å². The summed E-state index contributed by atoms with van der Waals surface area (Å²) in [5, 5.41) is 11.7. The van der Waals surface area contributed by atoms with Gasteiger partial charge in [-0.2, -0.15) is 0 Å². The van der Waals surface area contributed by atoms with Crippen molar-refractivity contribution in [2.75, 3.05) is 10.6 Å². The number of carbonyl (C=O) groups excluding carboxylic acids is 1. The Morgan fingerprint density at radius 2 is 2.00 bits per heavy atom. The summed E-state index contributed by atoms with van der Waals surface area (Å²) < 4.78 is 5.01. The Morgan fingerprint density at radius 3 is 2.65 bits per heavy atom. The number of hydrogen-bond donors (Lipinski definition) is 3. The Hall–Kier alpha value is -2.83. The first-order valence-corrected chi connectivity index (χ1v) is 5.94. The van der Waals surface area contributed by atoms with E-state index in [2.05, 4.69) is 27.4 Å². The van der Waals surface area contributed by atoms with E-state index < -0.39 is 5.76 Å². The minimum atomic E-state index is -0.644. The zero-order valence-corrected chi connectivity index (χ0v) is 11.0. The van der Waals surface area contributed by atoms with E-state index in [1.165, 1.54) is 0 Å². The molecule has 20 heavy (non-hydrogen) atoms. The molecule has 2 heterocycles. The Kier molecular flexibility index (Phi) is 2.50. The smallest absolute Gasteiger partial charge is 0.388 e. The Morgan fingerprint density at radius 1 is 1.25 bits per heavy atom. The lowest BCUT2D eigenvalue weighted by molar-refractivity contribution is -0.112. The van der Waals surface area contributed by atoms with Gasteiger partial charge in [-0.25, -0.2) is 9.89 Å². The van der Waals surface area contributed by atoms with Gasteiger partial charge in [0.25, 0.3) is 11.8 Å². The minimum Gasteiger partial charge on any atom is -0.388 e. The molecule has 1 aromatic heterocycles. The molecule has 102 valence electrons. The topological polar surface area (TPSA) is 100 Å². The third kappa shape index (κ3) is 1.71. The predicted molar refractivity (Wildman–Crippen MR) is 73.4 cm³/mol. The quantitative estimate of drug-likeness (QED) is 0.683. The standard InChI is InChI=1S/C13H12N4O3/c1-5-4-8-10(15-11(18)7(3)14-8)9(6(5)2)12-16-17-13(19)20-12/h4,14H,3H2,1-2H3,(H,15,18)(H,17,19). The highest BCUT2D eigenvalue weighted by molar-refractivity contribution is 6.13. The number of aromatic nitrogens is 2. The number of fused-ring (bicyclic) bond motifs is 1. The SMILES string of the molecule is C=C1Nc2cc(C)c(C)c(-c3n[nH]c(=O)o3)c2NC1=O. The van der Waals surface area contributed by atoms with Crippen LogP contribution in [0.25, 0.3) is 11.5 Å². The van der Waals surface area contributed by atoms with Crippen LogP contribution in [0.3, 0.4) is 0 Å². The number of nitrogens with zero attached hydrogens (tertiary/aromatic N) is 1. The largest absolute Gasteiger partial charge is 0.434 e. The molecule has 7 heteroatoms. The van der Waals surface area contributed by atoms with E-state index in [1.807, 2.05) is 19.9 Å². The van der Waals surface area contributed by atoms with Crippen LogP contribution >= 0.6 is 0 Å². The summed E-state index contributed by atoms with van der Waals surface area (Å²) in [6.45, 7) is 7.43. The summed E-state index contributed by atoms with van der Waals surface area (Å²) >= 11 is 0. The molecule has 3 N–H and O–H groups in total. The zero-order valence-electron chi connectivity index (χ0n) is 11.0. The van der Waals surface area contributed by atoms with Crippen molar-refractivity contribution in [1.82, 2.24) is 10.2 Å². The highest BCUT2D eigenvalue weighted by Gasteiger charge is 2.25. The van der Waals surface area contributed by atoms with Crippen molar-refractivity contribution in [2.24, 2.45) is 0 Å². The van der Waals surface area contributed by atoms with Crippen molar-refractivity contribution in [3.63, 3.8) is 0 Å². The molecule has 3 rings (SSSR count). The van der Waals surface area contributed by atoms with E-state index in [1.54, 1.807) is 0 Å². The first kappa shape index (κ1) is 12.2. The highest BCUT2D eigenvalue weighted by Crippen LogP contribution is 2.40. The molecule has 1 amide bonds. The summed E-state index contributed by atoms with van der Waals surface area (Å²) in [5.74, 6) is -0.837. The van der Waals surface area contributed by atoms with Gasteiger partial charge in [-0.3, -0.25) is 4.79 Å². The monoisotopic (exact) mass is 272 g/mol. The summed E-state index contributed by atoms with van der Waals surface area (Å²) in [7, 11) is 0. The number of benzene rings is 1. The average Bonchev–Trinajstić information content (AvgIpc) is 2.80. The number of amides is 1. The molecule has 0 fully saturated rings. The van der Waals surface area contributed by atoms with Gasteiger partial charge in [0, 0.05) is 0 Å². The minimum absolute atomic E-state index is 0.141. The number of hydrogen-bond acceptors (Lipinski definition) is 5. The highest BCUT2D eigenvalue weighted by atomic mass is 16.4. The number of aryl methyl sites for hydroxylation is 1. The summed E-state index contributed by atoms with van der Waals surface area (Å²) in [4.78, 5) is 22.9. The zero-order chi connectivity index (χ0) is 14.4. The molecule has 1 aliphatic rings. The van der Waals surface area contributed by atoms with Gasteiger partial charge in [-0.05, 0) is 31.0 Å².